The zero-order valence-electron chi connectivity index (χ0n) is 31.1. The normalized spacial score (nSPS) is 14.1. The largest absolute Gasteiger partial charge is 0.481 e. The summed E-state index contributed by atoms with van der Waals surface area (Å²) < 4.78 is 0. The number of carboxylic acid groups (broad SMARTS) is 1. The van der Waals surface area contributed by atoms with Crippen molar-refractivity contribution in [1.29, 1.82) is 0 Å². The van der Waals surface area contributed by atoms with Gasteiger partial charge in [-0.2, -0.15) is 0 Å². The van der Waals surface area contributed by atoms with Crippen molar-refractivity contribution in [2.75, 3.05) is 13.1 Å². The second kappa shape index (κ2) is 23.0. The van der Waals surface area contributed by atoms with E-state index in [0.717, 1.165) is 11.1 Å². The van der Waals surface area contributed by atoms with Gasteiger partial charge in [-0.3, -0.25) is 33.6 Å². The molecular formula is C36H59N7O8. The number of aliphatic carboxylic acids is 1. The van der Waals surface area contributed by atoms with E-state index in [0.29, 0.717) is 12.8 Å². The number of benzene rings is 1. The molecule has 15 heteroatoms. The van der Waals surface area contributed by atoms with E-state index in [2.05, 4.69) is 31.9 Å². The van der Waals surface area contributed by atoms with E-state index >= 15 is 0 Å². The topological polar surface area (TPSA) is 238 Å². The van der Waals surface area contributed by atoms with Gasteiger partial charge in [-0.05, 0) is 48.6 Å². The van der Waals surface area contributed by atoms with Gasteiger partial charge < -0.3 is 42.7 Å². The SMILES string of the molecule is CC[C@H](C)C(NC(=O)CCCC(=O)O)C(=O)NCC(=O)NC(CN[C@@H](C)C(=O)NC(C(=O)NCc1ccc(CC(N)=O)cc1)C(C)C)CC(C)C. The maximum Gasteiger partial charge on any atom is 0.303 e. The predicted molar refractivity (Wildman–Crippen MR) is 193 cm³/mol. The monoisotopic (exact) mass is 717 g/mol. The number of amides is 6. The van der Waals surface area contributed by atoms with Gasteiger partial charge in [-0.1, -0.05) is 72.2 Å². The lowest BCUT2D eigenvalue weighted by Crippen LogP contribution is -2.56. The summed E-state index contributed by atoms with van der Waals surface area (Å²) in [6.45, 7) is 13.1. The Labute approximate surface area is 301 Å². The summed E-state index contributed by atoms with van der Waals surface area (Å²) in [7, 11) is 0. The number of nitrogens with two attached hydrogens (primary N) is 1. The van der Waals surface area contributed by atoms with Gasteiger partial charge in [0.05, 0.1) is 19.0 Å². The molecule has 9 N–H and O–H groups in total. The molecule has 0 aromatic heterocycles. The van der Waals surface area contributed by atoms with Gasteiger partial charge in [-0.15, -0.1) is 0 Å². The molecule has 15 nitrogen and oxygen atoms in total. The van der Waals surface area contributed by atoms with Crippen LogP contribution in [-0.2, 0) is 46.5 Å². The number of hydrogen-bond acceptors (Lipinski definition) is 8. The van der Waals surface area contributed by atoms with E-state index in [1.54, 1.807) is 38.1 Å². The number of carbonyl (C=O) groups is 7. The smallest absolute Gasteiger partial charge is 0.303 e. The van der Waals surface area contributed by atoms with Crippen LogP contribution in [0.3, 0.4) is 0 Å². The first-order valence-electron chi connectivity index (χ1n) is 17.7. The summed E-state index contributed by atoms with van der Waals surface area (Å²) >= 11 is 0. The first-order valence-corrected chi connectivity index (χ1v) is 17.7. The third-order valence-electron chi connectivity index (χ3n) is 8.33. The summed E-state index contributed by atoms with van der Waals surface area (Å²) in [6.07, 6.45) is 1.27. The highest BCUT2D eigenvalue weighted by molar-refractivity contribution is 5.91. The molecule has 0 saturated carbocycles. The second-order valence-corrected chi connectivity index (χ2v) is 13.8. The fraction of sp³-hybridized carbons (Fsp3) is 0.639. The van der Waals surface area contributed by atoms with E-state index in [1.165, 1.54) is 0 Å². The number of hydrogen-bond donors (Lipinski definition) is 8. The Balaban J connectivity index is 2.71. The average molecular weight is 718 g/mol. The second-order valence-electron chi connectivity index (χ2n) is 13.8. The molecule has 51 heavy (non-hydrogen) atoms. The van der Waals surface area contributed by atoms with Gasteiger partial charge in [0.1, 0.15) is 12.1 Å². The highest BCUT2D eigenvalue weighted by Crippen LogP contribution is 2.10. The Morgan fingerprint density at radius 2 is 1.35 bits per heavy atom. The van der Waals surface area contributed by atoms with Crippen LogP contribution in [0.1, 0.15) is 91.7 Å². The van der Waals surface area contributed by atoms with E-state index in [9.17, 15) is 33.6 Å². The number of rotatable bonds is 24. The molecule has 0 spiro atoms. The molecule has 0 fully saturated rings. The Morgan fingerprint density at radius 3 is 1.90 bits per heavy atom. The third kappa shape index (κ3) is 18.3. The lowest BCUT2D eigenvalue weighted by atomic mass is 9.98. The van der Waals surface area contributed by atoms with Crippen LogP contribution < -0.4 is 37.6 Å². The van der Waals surface area contributed by atoms with Crippen LogP contribution in [0.25, 0.3) is 0 Å². The first-order chi connectivity index (χ1) is 23.9. The van der Waals surface area contributed by atoms with Crippen LogP contribution >= 0.6 is 0 Å². The zero-order chi connectivity index (χ0) is 38.7. The molecule has 0 saturated heterocycles. The Hall–Kier alpha value is -4.53. The molecule has 0 aliphatic heterocycles. The highest BCUT2D eigenvalue weighted by atomic mass is 16.4. The molecule has 1 aromatic carbocycles. The van der Waals surface area contributed by atoms with Gasteiger partial charge in [0.25, 0.3) is 0 Å². The van der Waals surface area contributed by atoms with Crippen molar-refractivity contribution < 1.29 is 38.7 Å². The van der Waals surface area contributed by atoms with Crippen molar-refractivity contribution in [2.45, 2.75) is 118 Å². The van der Waals surface area contributed by atoms with Crippen LogP contribution in [0.2, 0.25) is 0 Å². The van der Waals surface area contributed by atoms with Crippen LogP contribution in [0, 0.1) is 17.8 Å². The fourth-order valence-electron chi connectivity index (χ4n) is 5.17. The van der Waals surface area contributed by atoms with E-state index in [1.807, 2.05) is 34.6 Å². The lowest BCUT2D eigenvalue weighted by Gasteiger charge is -2.26. The first kappa shape index (κ1) is 44.5. The summed E-state index contributed by atoms with van der Waals surface area (Å²) in [5.41, 5.74) is 6.83. The Bertz CT molecular complexity index is 1320. The number of nitrogens with one attached hydrogen (secondary N) is 6. The molecule has 0 heterocycles. The molecule has 286 valence electrons. The average Bonchev–Trinajstić information content (AvgIpc) is 3.05. The Kier molecular flexibility index (Phi) is 20.1. The third-order valence-corrected chi connectivity index (χ3v) is 8.33. The molecule has 0 bridgehead atoms. The molecular weight excluding hydrogens is 658 g/mol. The summed E-state index contributed by atoms with van der Waals surface area (Å²) in [4.78, 5) is 86.2. The van der Waals surface area contributed by atoms with Crippen molar-refractivity contribution >= 4 is 41.4 Å². The van der Waals surface area contributed by atoms with Crippen molar-refractivity contribution in [1.82, 2.24) is 31.9 Å². The minimum absolute atomic E-state index is 0.0324. The molecule has 5 atom stereocenters. The zero-order valence-corrected chi connectivity index (χ0v) is 31.1. The van der Waals surface area contributed by atoms with Gasteiger partial charge in [0, 0.05) is 32.0 Å². The van der Waals surface area contributed by atoms with Gasteiger partial charge in [-0.25, -0.2) is 0 Å². The molecule has 1 aromatic rings. The standard InChI is InChI=1S/C36H59N7O8/c1-8-23(6)33(42-29(45)10-9-11-31(47)48)36(51)40-20-30(46)41-27(16-21(2)3)19-38-24(7)34(49)43-32(22(4)5)35(50)39-18-26-14-12-25(13-15-26)17-28(37)44/h12-15,21-24,27,32-33,38H,8-11,16-20H2,1-7H3,(H2,37,44)(H,39,50)(H,40,51)(H,41,46)(H,42,45)(H,43,49)(H,47,48)/t23-,24-,27?,32?,33?/m0/s1. The number of primary amides is 1. The van der Waals surface area contributed by atoms with Crippen LogP contribution in [0.4, 0.5) is 0 Å². The minimum Gasteiger partial charge on any atom is -0.481 e. The van der Waals surface area contributed by atoms with Crippen molar-refractivity contribution in [2.24, 2.45) is 23.5 Å². The molecule has 1 rings (SSSR count). The van der Waals surface area contributed by atoms with E-state index in [4.69, 9.17) is 10.8 Å². The van der Waals surface area contributed by atoms with Crippen molar-refractivity contribution in [3.05, 3.63) is 35.4 Å². The minimum atomic E-state index is -1.01. The molecule has 3 unspecified atom stereocenters. The van der Waals surface area contributed by atoms with Gasteiger partial charge >= 0.3 is 5.97 Å². The maximum atomic E-state index is 13.1. The van der Waals surface area contributed by atoms with Crippen molar-refractivity contribution in [3.63, 3.8) is 0 Å². The quantitative estimate of drug-likeness (QED) is 0.0757. The van der Waals surface area contributed by atoms with Crippen LogP contribution in [0.5, 0.6) is 0 Å². The van der Waals surface area contributed by atoms with Crippen LogP contribution in [-0.4, -0.2) is 83.8 Å². The summed E-state index contributed by atoms with van der Waals surface area (Å²) in [5.74, 6) is -3.78. The number of carbonyl (C=O) groups excluding carboxylic acids is 6. The lowest BCUT2D eigenvalue weighted by molar-refractivity contribution is -0.137. The predicted octanol–water partition coefficient (Wildman–Crippen LogP) is 0.882. The molecule has 0 radical (unpaired) electrons. The highest BCUT2D eigenvalue weighted by Gasteiger charge is 2.28. The summed E-state index contributed by atoms with van der Waals surface area (Å²) in [5, 5.41) is 25.8. The van der Waals surface area contributed by atoms with Gasteiger partial charge in [0.2, 0.25) is 35.4 Å². The molecule has 6 amide bonds. The van der Waals surface area contributed by atoms with Crippen molar-refractivity contribution in [3.8, 4) is 0 Å². The Morgan fingerprint density at radius 1 is 0.745 bits per heavy atom. The van der Waals surface area contributed by atoms with Crippen LogP contribution in [0.15, 0.2) is 24.3 Å². The van der Waals surface area contributed by atoms with Gasteiger partial charge in [0.15, 0.2) is 0 Å². The molecule has 0 aliphatic rings. The van der Waals surface area contributed by atoms with E-state index < -0.39 is 47.7 Å². The molecule has 0 aliphatic carbocycles. The maximum absolute atomic E-state index is 13.1. The fourth-order valence-corrected chi connectivity index (χ4v) is 5.17. The number of carboxylic acids is 1. The van der Waals surface area contributed by atoms with E-state index in [-0.39, 0.29) is 80.9 Å². The summed E-state index contributed by atoms with van der Waals surface area (Å²) in [6, 6.07) is 4.40.